The summed E-state index contributed by atoms with van der Waals surface area (Å²) in [6.45, 7) is 0. The summed E-state index contributed by atoms with van der Waals surface area (Å²) in [7, 11) is 3.83. The van der Waals surface area contributed by atoms with Gasteiger partial charge >= 0.3 is 0 Å². The lowest BCUT2D eigenvalue weighted by molar-refractivity contribution is -0.728. The van der Waals surface area contributed by atoms with E-state index in [0.717, 1.165) is 0 Å². The minimum Gasteiger partial charge on any atom is -0.222 e. The molecule has 1 aromatic heterocycles. The molecular weight excluding hydrogens is 90.1 g/mol. The summed E-state index contributed by atoms with van der Waals surface area (Å²) < 4.78 is 3.64. The maximum Gasteiger partial charge on any atom is 0.265 e. The number of aromatic nitrogens is 3. The minimum atomic E-state index is 1.75. The second kappa shape index (κ2) is 1.33. The quantitative estimate of drug-likeness (QED) is 0.391. The van der Waals surface area contributed by atoms with Crippen molar-refractivity contribution >= 4 is 0 Å². The third-order valence-electron chi connectivity index (χ3n) is 0.765. The SMILES string of the molecule is Cn1cn[n+](C)c1. The Bertz CT molecular complexity index is 139. The predicted molar refractivity (Wildman–Crippen MR) is 24.4 cm³/mol. The van der Waals surface area contributed by atoms with E-state index in [0.29, 0.717) is 0 Å². The van der Waals surface area contributed by atoms with Crippen LogP contribution in [-0.4, -0.2) is 9.67 Å². The molecule has 0 unspecified atom stereocenters. The van der Waals surface area contributed by atoms with E-state index in [-0.39, 0.29) is 0 Å². The lowest BCUT2D eigenvalue weighted by Gasteiger charge is -1.69. The summed E-state index contributed by atoms with van der Waals surface area (Å²) in [5.74, 6) is 0. The topological polar surface area (TPSA) is 21.7 Å². The maximum absolute atomic E-state index is 3.90. The molecule has 0 aliphatic rings. The molecule has 0 bridgehead atoms. The molecule has 1 aromatic rings. The first kappa shape index (κ1) is 4.30. The van der Waals surface area contributed by atoms with Crippen LogP contribution >= 0.6 is 0 Å². The van der Waals surface area contributed by atoms with E-state index in [2.05, 4.69) is 5.10 Å². The average molecular weight is 98.1 g/mol. The Hall–Kier alpha value is -0.860. The molecule has 0 saturated heterocycles. The molecule has 0 aromatic carbocycles. The third-order valence-corrected chi connectivity index (χ3v) is 0.765. The number of hydrogen-bond donors (Lipinski definition) is 0. The standard InChI is InChI=1S/C4H8N3/c1-6-3-5-7(2)4-6/h3-4H,1-2H3/q+1. The van der Waals surface area contributed by atoms with E-state index >= 15 is 0 Å². The second-order valence-electron chi connectivity index (χ2n) is 1.59. The van der Waals surface area contributed by atoms with Gasteiger partial charge in [0.1, 0.15) is 7.05 Å². The van der Waals surface area contributed by atoms with Crippen LogP contribution in [0.5, 0.6) is 0 Å². The number of hydrogen-bond acceptors (Lipinski definition) is 1. The van der Waals surface area contributed by atoms with Crippen LogP contribution in [-0.2, 0) is 14.1 Å². The molecule has 7 heavy (non-hydrogen) atoms. The van der Waals surface area contributed by atoms with Gasteiger partial charge in [-0.05, 0) is 5.10 Å². The van der Waals surface area contributed by atoms with E-state index in [9.17, 15) is 0 Å². The normalized spacial score (nSPS) is 9.43. The molecule has 1 rings (SSSR count). The zero-order chi connectivity index (χ0) is 5.28. The van der Waals surface area contributed by atoms with Crippen LogP contribution in [0.2, 0.25) is 0 Å². The Morgan fingerprint density at radius 1 is 1.71 bits per heavy atom. The van der Waals surface area contributed by atoms with Crippen molar-refractivity contribution < 1.29 is 4.68 Å². The Morgan fingerprint density at radius 3 is 2.57 bits per heavy atom. The largest absolute Gasteiger partial charge is 0.265 e. The Balaban J connectivity index is 3.04. The van der Waals surface area contributed by atoms with Crippen molar-refractivity contribution in [2.45, 2.75) is 0 Å². The fraction of sp³-hybridized carbons (Fsp3) is 0.500. The molecule has 0 fully saturated rings. The van der Waals surface area contributed by atoms with Crippen molar-refractivity contribution in [3.05, 3.63) is 12.7 Å². The summed E-state index contributed by atoms with van der Waals surface area (Å²) in [6, 6.07) is 0. The molecule has 3 nitrogen and oxygen atoms in total. The Labute approximate surface area is 42.2 Å². The molecule has 0 radical (unpaired) electrons. The smallest absolute Gasteiger partial charge is 0.222 e. The lowest BCUT2D eigenvalue weighted by Crippen LogP contribution is -2.28. The van der Waals surface area contributed by atoms with E-state index in [1.807, 2.05) is 25.0 Å². The van der Waals surface area contributed by atoms with Gasteiger partial charge in [0.25, 0.3) is 6.33 Å². The zero-order valence-electron chi connectivity index (χ0n) is 4.50. The van der Waals surface area contributed by atoms with E-state index in [1.54, 1.807) is 11.0 Å². The molecule has 0 aliphatic carbocycles. The van der Waals surface area contributed by atoms with Gasteiger partial charge in [-0.25, -0.2) is 4.57 Å². The minimum absolute atomic E-state index is 1.75. The van der Waals surface area contributed by atoms with Gasteiger partial charge in [0.2, 0.25) is 6.33 Å². The third kappa shape index (κ3) is 0.765. The molecule has 0 spiro atoms. The van der Waals surface area contributed by atoms with Crippen molar-refractivity contribution in [1.82, 2.24) is 9.67 Å². The van der Waals surface area contributed by atoms with Crippen LogP contribution in [0.3, 0.4) is 0 Å². The first-order valence-electron chi connectivity index (χ1n) is 2.13. The van der Waals surface area contributed by atoms with Gasteiger partial charge in [-0.1, -0.05) is 0 Å². The van der Waals surface area contributed by atoms with Crippen LogP contribution < -0.4 is 4.68 Å². The lowest BCUT2D eigenvalue weighted by atomic mass is 11.1. The van der Waals surface area contributed by atoms with Gasteiger partial charge in [0.05, 0.1) is 7.05 Å². The summed E-state index contributed by atoms with van der Waals surface area (Å²) in [5, 5.41) is 3.90. The Morgan fingerprint density at radius 2 is 2.43 bits per heavy atom. The highest BCUT2D eigenvalue weighted by Gasteiger charge is 1.89. The zero-order valence-corrected chi connectivity index (χ0v) is 4.50. The van der Waals surface area contributed by atoms with E-state index in [4.69, 9.17) is 0 Å². The summed E-state index contributed by atoms with van der Waals surface area (Å²) in [4.78, 5) is 0. The molecule has 0 atom stereocenters. The second-order valence-corrected chi connectivity index (χ2v) is 1.59. The fourth-order valence-corrected chi connectivity index (χ4v) is 0.486. The molecule has 38 valence electrons. The van der Waals surface area contributed by atoms with Gasteiger partial charge in [-0.3, -0.25) is 0 Å². The molecule has 1 heterocycles. The van der Waals surface area contributed by atoms with Gasteiger partial charge in [-0.2, -0.15) is 0 Å². The van der Waals surface area contributed by atoms with Crippen molar-refractivity contribution in [2.24, 2.45) is 14.1 Å². The number of nitrogens with zero attached hydrogens (tertiary/aromatic N) is 3. The maximum atomic E-state index is 3.90. The molecule has 0 aliphatic heterocycles. The summed E-state index contributed by atoms with van der Waals surface area (Å²) >= 11 is 0. The molecule has 0 amide bonds. The van der Waals surface area contributed by atoms with Gasteiger partial charge in [-0.15, -0.1) is 4.68 Å². The molecule has 0 N–H and O–H groups in total. The van der Waals surface area contributed by atoms with Gasteiger partial charge in [0.15, 0.2) is 0 Å². The number of aryl methyl sites for hydroxylation is 2. The van der Waals surface area contributed by atoms with Crippen molar-refractivity contribution in [3.63, 3.8) is 0 Å². The first-order chi connectivity index (χ1) is 3.29. The summed E-state index contributed by atoms with van der Waals surface area (Å²) in [5.41, 5.74) is 0. The van der Waals surface area contributed by atoms with Gasteiger partial charge in [0, 0.05) is 0 Å². The van der Waals surface area contributed by atoms with Crippen molar-refractivity contribution in [3.8, 4) is 0 Å². The van der Waals surface area contributed by atoms with Gasteiger partial charge < -0.3 is 0 Å². The van der Waals surface area contributed by atoms with Crippen LogP contribution in [0.25, 0.3) is 0 Å². The molecular formula is C4H8N3+. The fourth-order valence-electron chi connectivity index (χ4n) is 0.486. The highest BCUT2D eigenvalue weighted by atomic mass is 15.3. The van der Waals surface area contributed by atoms with Crippen LogP contribution in [0.1, 0.15) is 0 Å². The number of rotatable bonds is 0. The van der Waals surface area contributed by atoms with Crippen LogP contribution in [0, 0.1) is 0 Å². The Kier molecular flexibility index (Phi) is 0.817. The summed E-state index contributed by atoms with van der Waals surface area (Å²) in [6.07, 6.45) is 3.64. The monoisotopic (exact) mass is 98.1 g/mol. The highest BCUT2D eigenvalue weighted by Crippen LogP contribution is 1.64. The van der Waals surface area contributed by atoms with Crippen molar-refractivity contribution in [2.75, 3.05) is 0 Å². The van der Waals surface area contributed by atoms with E-state index in [1.165, 1.54) is 0 Å². The highest BCUT2D eigenvalue weighted by molar-refractivity contribution is 4.44. The van der Waals surface area contributed by atoms with Crippen molar-refractivity contribution in [1.29, 1.82) is 0 Å². The van der Waals surface area contributed by atoms with Crippen LogP contribution in [0.4, 0.5) is 0 Å². The average Bonchev–Trinajstić information content (AvgIpc) is 1.87. The van der Waals surface area contributed by atoms with E-state index < -0.39 is 0 Å². The molecule has 0 saturated carbocycles. The van der Waals surface area contributed by atoms with Crippen LogP contribution in [0.15, 0.2) is 12.7 Å². The predicted octanol–water partition coefficient (Wildman–Crippen LogP) is -0.755. The first-order valence-corrected chi connectivity index (χ1v) is 2.13. The molecule has 3 heteroatoms.